The third kappa shape index (κ3) is 4.05. The molecule has 0 aliphatic heterocycles. The predicted octanol–water partition coefficient (Wildman–Crippen LogP) is 3.84. The molecule has 0 saturated carbocycles. The third-order valence-electron chi connectivity index (χ3n) is 4.84. The van der Waals surface area contributed by atoms with Crippen LogP contribution in [0.4, 0.5) is 5.69 Å². The minimum absolute atomic E-state index is 0.190. The van der Waals surface area contributed by atoms with Crippen LogP contribution < -0.4 is 15.6 Å². The fourth-order valence-corrected chi connectivity index (χ4v) is 3.04. The molecule has 7 nitrogen and oxygen atoms in total. The zero-order chi connectivity index (χ0) is 21.1. The lowest BCUT2D eigenvalue weighted by Gasteiger charge is -2.10. The molecular formula is C23H20N4O3. The maximum absolute atomic E-state index is 12.5. The van der Waals surface area contributed by atoms with Crippen LogP contribution in [-0.4, -0.2) is 20.7 Å². The number of nitrogens with one attached hydrogen (secondary N) is 1. The standard InChI is InChI=1S/C23H20N4O3/c1-15-6-5-9-20(16(15)2)30-22-11-10-18(13-24-22)26-21(28)14-27-23(29)19-8-4-3-7-17(19)12-25-27/h3-13H,14H2,1-2H3,(H,26,28). The molecule has 0 fully saturated rings. The van der Waals surface area contributed by atoms with E-state index >= 15 is 0 Å². The lowest BCUT2D eigenvalue weighted by Crippen LogP contribution is -2.29. The lowest BCUT2D eigenvalue weighted by atomic mass is 10.1. The van der Waals surface area contributed by atoms with Crippen LogP contribution in [0.5, 0.6) is 11.6 Å². The Morgan fingerprint density at radius 1 is 1.03 bits per heavy atom. The summed E-state index contributed by atoms with van der Waals surface area (Å²) in [5.41, 5.74) is 2.37. The van der Waals surface area contributed by atoms with Crippen molar-refractivity contribution in [2.75, 3.05) is 5.32 Å². The number of carbonyl (C=O) groups excluding carboxylic acids is 1. The highest BCUT2D eigenvalue weighted by Gasteiger charge is 2.10. The molecule has 0 radical (unpaired) electrons. The molecule has 2 aromatic carbocycles. The van der Waals surface area contributed by atoms with E-state index in [0.29, 0.717) is 17.0 Å². The summed E-state index contributed by atoms with van der Waals surface area (Å²) in [7, 11) is 0. The van der Waals surface area contributed by atoms with Gasteiger partial charge < -0.3 is 10.1 Å². The van der Waals surface area contributed by atoms with Crippen LogP contribution in [-0.2, 0) is 11.3 Å². The van der Waals surface area contributed by atoms with Crippen LogP contribution in [0.1, 0.15) is 11.1 Å². The number of nitrogens with zero attached hydrogens (tertiary/aromatic N) is 3. The maximum atomic E-state index is 12.5. The minimum atomic E-state index is -0.370. The number of aryl methyl sites for hydroxylation is 1. The van der Waals surface area contributed by atoms with Gasteiger partial charge in [-0.2, -0.15) is 5.10 Å². The summed E-state index contributed by atoms with van der Waals surface area (Å²) >= 11 is 0. The largest absolute Gasteiger partial charge is 0.439 e. The molecule has 2 aromatic heterocycles. The lowest BCUT2D eigenvalue weighted by molar-refractivity contribution is -0.117. The number of anilines is 1. The van der Waals surface area contributed by atoms with Gasteiger partial charge in [0.2, 0.25) is 11.8 Å². The van der Waals surface area contributed by atoms with E-state index in [4.69, 9.17) is 4.74 Å². The number of hydrogen-bond acceptors (Lipinski definition) is 5. The van der Waals surface area contributed by atoms with E-state index < -0.39 is 0 Å². The van der Waals surface area contributed by atoms with E-state index in [9.17, 15) is 9.59 Å². The van der Waals surface area contributed by atoms with Gasteiger partial charge >= 0.3 is 0 Å². The van der Waals surface area contributed by atoms with Gasteiger partial charge in [0, 0.05) is 11.5 Å². The van der Waals surface area contributed by atoms with Crippen LogP contribution >= 0.6 is 0 Å². The number of benzene rings is 2. The SMILES string of the molecule is Cc1cccc(Oc2ccc(NC(=O)Cn3ncc4ccccc4c3=O)cn2)c1C. The van der Waals surface area contributed by atoms with E-state index in [1.807, 2.05) is 44.2 Å². The molecular weight excluding hydrogens is 380 g/mol. The first-order valence-corrected chi connectivity index (χ1v) is 9.46. The van der Waals surface area contributed by atoms with Gasteiger partial charge in [0.15, 0.2) is 0 Å². The van der Waals surface area contributed by atoms with Gasteiger partial charge in [-0.3, -0.25) is 9.59 Å². The van der Waals surface area contributed by atoms with E-state index in [2.05, 4.69) is 15.4 Å². The second-order valence-corrected chi connectivity index (χ2v) is 6.93. The Kier molecular flexibility index (Phi) is 5.26. The van der Waals surface area contributed by atoms with E-state index in [1.165, 1.54) is 6.20 Å². The number of carbonyl (C=O) groups is 1. The van der Waals surface area contributed by atoms with Gasteiger partial charge in [0.1, 0.15) is 12.3 Å². The number of rotatable bonds is 5. The Hall–Kier alpha value is -4.00. The average Bonchev–Trinajstić information content (AvgIpc) is 2.75. The molecule has 0 bridgehead atoms. The van der Waals surface area contributed by atoms with Crippen LogP contribution in [0, 0.1) is 13.8 Å². The van der Waals surface area contributed by atoms with Crippen LogP contribution in [0.15, 0.2) is 71.8 Å². The number of aromatic nitrogens is 3. The van der Waals surface area contributed by atoms with Gasteiger partial charge in [-0.05, 0) is 43.2 Å². The van der Waals surface area contributed by atoms with Crippen molar-refractivity contribution in [3.05, 3.63) is 88.5 Å². The van der Waals surface area contributed by atoms with Crippen molar-refractivity contribution >= 4 is 22.4 Å². The summed E-state index contributed by atoms with van der Waals surface area (Å²) in [6, 6.07) is 16.3. The average molecular weight is 400 g/mol. The minimum Gasteiger partial charge on any atom is -0.439 e. The monoisotopic (exact) mass is 400 g/mol. The molecule has 0 unspecified atom stereocenters. The van der Waals surface area contributed by atoms with Crippen molar-refractivity contribution in [2.45, 2.75) is 20.4 Å². The highest BCUT2D eigenvalue weighted by Crippen LogP contribution is 2.26. The van der Waals surface area contributed by atoms with Gasteiger partial charge in [-0.1, -0.05) is 30.3 Å². The Labute approximate surface area is 173 Å². The fourth-order valence-electron chi connectivity index (χ4n) is 3.04. The summed E-state index contributed by atoms with van der Waals surface area (Å²) in [4.78, 5) is 29.1. The van der Waals surface area contributed by atoms with Crippen molar-refractivity contribution in [3.8, 4) is 11.6 Å². The number of amides is 1. The van der Waals surface area contributed by atoms with Crippen LogP contribution in [0.2, 0.25) is 0 Å². The van der Waals surface area contributed by atoms with Crippen LogP contribution in [0.3, 0.4) is 0 Å². The van der Waals surface area contributed by atoms with Crippen molar-refractivity contribution in [1.29, 1.82) is 0 Å². The molecule has 2 heterocycles. The van der Waals surface area contributed by atoms with E-state index in [-0.39, 0.29) is 18.0 Å². The summed E-state index contributed by atoms with van der Waals surface area (Å²) in [6.45, 7) is 3.82. The van der Waals surface area contributed by atoms with Gasteiger partial charge in [0.05, 0.1) is 23.5 Å². The normalized spacial score (nSPS) is 10.7. The first-order chi connectivity index (χ1) is 14.5. The molecule has 7 heteroatoms. The summed E-state index contributed by atoms with van der Waals surface area (Å²) in [5, 5.41) is 8.05. The van der Waals surface area contributed by atoms with Gasteiger partial charge in [-0.15, -0.1) is 0 Å². The second kappa shape index (κ2) is 8.16. The van der Waals surface area contributed by atoms with E-state index in [0.717, 1.165) is 26.9 Å². The molecule has 4 rings (SSSR count). The molecule has 0 saturated heterocycles. The van der Waals surface area contributed by atoms with Crippen molar-refractivity contribution in [1.82, 2.24) is 14.8 Å². The number of pyridine rings is 1. The molecule has 1 amide bonds. The zero-order valence-electron chi connectivity index (χ0n) is 16.6. The second-order valence-electron chi connectivity index (χ2n) is 6.93. The van der Waals surface area contributed by atoms with Crippen molar-refractivity contribution in [3.63, 3.8) is 0 Å². The maximum Gasteiger partial charge on any atom is 0.275 e. The first-order valence-electron chi connectivity index (χ1n) is 9.46. The summed E-state index contributed by atoms with van der Waals surface area (Å²) in [6.07, 6.45) is 3.08. The predicted molar refractivity (Wildman–Crippen MR) is 115 cm³/mol. The van der Waals surface area contributed by atoms with Gasteiger partial charge in [0.25, 0.3) is 5.56 Å². The van der Waals surface area contributed by atoms with Gasteiger partial charge in [-0.25, -0.2) is 9.67 Å². The quantitative estimate of drug-likeness (QED) is 0.550. The topological polar surface area (TPSA) is 86.1 Å². The summed E-state index contributed by atoms with van der Waals surface area (Å²) in [5.74, 6) is 0.792. The molecule has 0 spiro atoms. The number of ether oxygens (including phenoxy) is 1. The summed E-state index contributed by atoms with van der Waals surface area (Å²) < 4.78 is 6.96. The smallest absolute Gasteiger partial charge is 0.275 e. The third-order valence-corrected chi connectivity index (χ3v) is 4.84. The Morgan fingerprint density at radius 3 is 2.67 bits per heavy atom. The highest BCUT2D eigenvalue weighted by molar-refractivity contribution is 5.90. The van der Waals surface area contributed by atoms with Crippen LogP contribution in [0.25, 0.3) is 10.8 Å². The Morgan fingerprint density at radius 2 is 1.87 bits per heavy atom. The highest BCUT2D eigenvalue weighted by atomic mass is 16.5. The Balaban J connectivity index is 1.43. The first kappa shape index (κ1) is 19.3. The number of hydrogen-bond donors (Lipinski definition) is 1. The molecule has 30 heavy (non-hydrogen) atoms. The van der Waals surface area contributed by atoms with Crippen molar-refractivity contribution < 1.29 is 9.53 Å². The molecule has 4 aromatic rings. The molecule has 1 N–H and O–H groups in total. The Bertz CT molecular complexity index is 1280. The molecule has 0 aliphatic rings. The number of fused-ring (bicyclic) bond motifs is 1. The fraction of sp³-hybridized carbons (Fsp3) is 0.130. The molecule has 150 valence electrons. The van der Waals surface area contributed by atoms with Crippen molar-refractivity contribution in [2.24, 2.45) is 0 Å². The molecule has 0 atom stereocenters. The zero-order valence-corrected chi connectivity index (χ0v) is 16.6. The molecule has 0 aliphatic carbocycles. The van der Waals surface area contributed by atoms with E-state index in [1.54, 1.807) is 30.5 Å².